The van der Waals surface area contributed by atoms with Crippen molar-refractivity contribution in [3.05, 3.63) is 21.4 Å². The lowest BCUT2D eigenvalue weighted by atomic mass is 10.1. The largest absolute Gasteiger partial charge is 0.388 e. The molecule has 0 amide bonds. The molecule has 1 aromatic rings. The molecule has 0 bridgehead atoms. The predicted molar refractivity (Wildman–Crippen MR) is 59.9 cm³/mol. The van der Waals surface area contributed by atoms with Crippen LogP contribution in [0, 0.1) is 13.8 Å². The first-order valence-electron chi connectivity index (χ1n) is 4.89. The maximum absolute atomic E-state index is 9.84. The maximum Gasteiger partial charge on any atom is 0.0883 e. The van der Waals surface area contributed by atoms with Crippen molar-refractivity contribution in [2.45, 2.75) is 32.8 Å². The minimum absolute atomic E-state index is 0.317. The molecule has 1 unspecified atom stereocenters. The Morgan fingerprint density at radius 2 is 2.21 bits per heavy atom. The van der Waals surface area contributed by atoms with Crippen LogP contribution in [0.1, 0.15) is 34.3 Å². The number of aliphatic hydroxyl groups excluding tert-OH is 1. The van der Waals surface area contributed by atoms with E-state index in [-0.39, 0.29) is 6.10 Å². The first-order valence-corrected chi connectivity index (χ1v) is 5.70. The molecule has 1 aromatic heterocycles. The van der Waals surface area contributed by atoms with Crippen molar-refractivity contribution in [1.29, 1.82) is 0 Å². The fraction of sp³-hybridized carbons (Fsp3) is 0.636. The van der Waals surface area contributed by atoms with Gasteiger partial charge in [0, 0.05) is 23.5 Å². The van der Waals surface area contributed by atoms with Crippen LogP contribution in [0.2, 0.25) is 0 Å². The highest BCUT2D eigenvalue weighted by Crippen LogP contribution is 2.28. The van der Waals surface area contributed by atoms with Crippen molar-refractivity contribution in [3.63, 3.8) is 0 Å². The van der Waals surface area contributed by atoms with Crippen molar-refractivity contribution in [2.75, 3.05) is 13.7 Å². The van der Waals surface area contributed by atoms with Crippen LogP contribution in [0.25, 0.3) is 0 Å². The van der Waals surface area contributed by atoms with Gasteiger partial charge in [-0.25, -0.2) is 0 Å². The second-order valence-electron chi connectivity index (χ2n) is 3.54. The SMILES string of the molecule is COCCCC(O)c1cc(C)c(C)s1. The van der Waals surface area contributed by atoms with E-state index >= 15 is 0 Å². The number of rotatable bonds is 5. The van der Waals surface area contributed by atoms with Crippen LogP contribution >= 0.6 is 11.3 Å². The molecule has 80 valence electrons. The predicted octanol–water partition coefficient (Wildman–Crippen LogP) is 2.82. The third-order valence-electron chi connectivity index (χ3n) is 2.34. The number of aryl methyl sites for hydroxylation is 2. The van der Waals surface area contributed by atoms with Crippen LogP contribution in [0.5, 0.6) is 0 Å². The van der Waals surface area contributed by atoms with Gasteiger partial charge in [0.25, 0.3) is 0 Å². The van der Waals surface area contributed by atoms with Crippen molar-refractivity contribution in [2.24, 2.45) is 0 Å². The quantitative estimate of drug-likeness (QED) is 0.764. The van der Waals surface area contributed by atoms with Gasteiger partial charge in [0.15, 0.2) is 0 Å². The summed E-state index contributed by atoms with van der Waals surface area (Å²) in [5.41, 5.74) is 1.27. The lowest BCUT2D eigenvalue weighted by Gasteiger charge is -2.07. The van der Waals surface area contributed by atoms with Gasteiger partial charge in [0.1, 0.15) is 0 Å². The molecule has 0 fully saturated rings. The van der Waals surface area contributed by atoms with Gasteiger partial charge in [-0.15, -0.1) is 11.3 Å². The minimum atomic E-state index is -0.317. The zero-order valence-electron chi connectivity index (χ0n) is 9.04. The number of hydrogen-bond acceptors (Lipinski definition) is 3. The lowest BCUT2D eigenvalue weighted by molar-refractivity contribution is 0.138. The topological polar surface area (TPSA) is 29.5 Å². The number of hydrogen-bond donors (Lipinski definition) is 1. The number of ether oxygens (including phenoxy) is 1. The van der Waals surface area contributed by atoms with Gasteiger partial charge in [-0.3, -0.25) is 0 Å². The highest BCUT2D eigenvalue weighted by molar-refractivity contribution is 7.12. The summed E-state index contributed by atoms with van der Waals surface area (Å²) in [5.74, 6) is 0. The van der Waals surface area contributed by atoms with E-state index in [1.807, 2.05) is 0 Å². The standard InChI is InChI=1S/C11H18O2S/c1-8-7-11(14-9(8)2)10(12)5-4-6-13-3/h7,10,12H,4-6H2,1-3H3. The summed E-state index contributed by atoms with van der Waals surface area (Å²) >= 11 is 1.69. The molecule has 1 N–H and O–H groups in total. The molecule has 0 aliphatic heterocycles. The molecule has 3 heteroatoms. The van der Waals surface area contributed by atoms with Gasteiger partial charge < -0.3 is 9.84 Å². The molecule has 1 atom stereocenters. The van der Waals surface area contributed by atoms with Gasteiger partial charge >= 0.3 is 0 Å². The fourth-order valence-electron chi connectivity index (χ4n) is 1.33. The van der Waals surface area contributed by atoms with Gasteiger partial charge in [-0.2, -0.15) is 0 Å². The summed E-state index contributed by atoms with van der Waals surface area (Å²) < 4.78 is 4.95. The monoisotopic (exact) mass is 214 g/mol. The van der Waals surface area contributed by atoms with Crippen LogP contribution in [0.15, 0.2) is 6.07 Å². The Bertz CT molecular complexity index is 261. The summed E-state index contributed by atoms with van der Waals surface area (Å²) in [7, 11) is 1.69. The highest BCUT2D eigenvalue weighted by atomic mass is 32.1. The molecule has 1 rings (SSSR count). The zero-order valence-corrected chi connectivity index (χ0v) is 9.86. The van der Waals surface area contributed by atoms with E-state index in [1.54, 1.807) is 18.4 Å². The first kappa shape index (κ1) is 11.7. The minimum Gasteiger partial charge on any atom is -0.388 e. The van der Waals surface area contributed by atoms with Crippen LogP contribution in [-0.4, -0.2) is 18.8 Å². The zero-order chi connectivity index (χ0) is 10.6. The lowest BCUT2D eigenvalue weighted by Crippen LogP contribution is -1.97. The molecule has 0 spiro atoms. The normalized spacial score (nSPS) is 13.1. The van der Waals surface area contributed by atoms with Crippen molar-refractivity contribution in [1.82, 2.24) is 0 Å². The number of thiophene rings is 1. The second-order valence-corrected chi connectivity index (χ2v) is 4.83. The smallest absolute Gasteiger partial charge is 0.0883 e. The summed E-state index contributed by atoms with van der Waals surface area (Å²) in [6.07, 6.45) is 1.38. The van der Waals surface area contributed by atoms with Gasteiger partial charge in [0.2, 0.25) is 0 Å². The molecule has 1 heterocycles. The van der Waals surface area contributed by atoms with Crippen molar-refractivity contribution < 1.29 is 9.84 Å². The Hall–Kier alpha value is -0.380. The third-order valence-corrected chi connectivity index (χ3v) is 3.59. The Balaban J connectivity index is 2.47. The van der Waals surface area contributed by atoms with Crippen LogP contribution in [0.4, 0.5) is 0 Å². The van der Waals surface area contributed by atoms with Crippen LogP contribution in [-0.2, 0) is 4.74 Å². The molecule has 0 aliphatic carbocycles. The number of methoxy groups -OCH3 is 1. The molecule has 0 aliphatic rings. The van der Waals surface area contributed by atoms with E-state index in [0.717, 1.165) is 24.3 Å². The summed E-state index contributed by atoms with van der Waals surface area (Å²) in [6.45, 7) is 4.89. The Labute approximate surface area is 89.5 Å². The second kappa shape index (κ2) is 5.49. The van der Waals surface area contributed by atoms with Crippen LogP contribution < -0.4 is 0 Å². The van der Waals surface area contributed by atoms with Gasteiger partial charge in [-0.05, 0) is 38.3 Å². The molecule has 0 radical (unpaired) electrons. The first-order chi connectivity index (χ1) is 6.65. The number of aliphatic hydroxyl groups is 1. The summed E-state index contributed by atoms with van der Waals surface area (Å²) in [5, 5.41) is 9.84. The highest BCUT2D eigenvalue weighted by Gasteiger charge is 2.10. The molecule has 14 heavy (non-hydrogen) atoms. The average molecular weight is 214 g/mol. The van der Waals surface area contributed by atoms with E-state index in [2.05, 4.69) is 19.9 Å². The Morgan fingerprint density at radius 3 is 2.71 bits per heavy atom. The molecule has 0 saturated carbocycles. The van der Waals surface area contributed by atoms with E-state index in [0.29, 0.717) is 0 Å². The average Bonchev–Trinajstić information content (AvgIpc) is 2.47. The van der Waals surface area contributed by atoms with E-state index in [9.17, 15) is 5.11 Å². The molecule has 2 nitrogen and oxygen atoms in total. The molecule has 0 aromatic carbocycles. The van der Waals surface area contributed by atoms with Crippen molar-refractivity contribution >= 4 is 11.3 Å². The van der Waals surface area contributed by atoms with E-state index in [4.69, 9.17) is 4.74 Å². The van der Waals surface area contributed by atoms with Crippen LogP contribution in [0.3, 0.4) is 0 Å². The molecular weight excluding hydrogens is 196 g/mol. The maximum atomic E-state index is 9.84. The Kier molecular flexibility index (Phi) is 4.58. The molecule has 0 saturated heterocycles. The molecular formula is C11H18O2S. The summed E-state index contributed by atoms with van der Waals surface area (Å²) in [4.78, 5) is 2.38. The Morgan fingerprint density at radius 1 is 1.50 bits per heavy atom. The van der Waals surface area contributed by atoms with Gasteiger partial charge in [0.05, 0.1) is 6.10 Å². The third kappa shape index (κ3) is 3.08. The van der Waals surface area contributed by atoms with Crippen molar-refractivity contribution in [3.8, 4) is 0 Å². The fourth-order valence-corrected chi connectivity index (χ4v) is 2.39. The van der Waals surface area contributed by atoms with E-state index < -0.39 is 0 Å². The van der Waals surface area contributed by atoms with E-state index in [1.165, 1.54) is 10.4 Å². The van der Waals surface area contributed by atoms with Gasteiger partial charge in [-0.1, -0.05) is 0 Å². The summed E-state index contributed by atoms with van der Waals surface area (Å²) in [6, 6.07) is 2.08.